The molecule has 2 aromatic rings. The predicted molar refractivity (Wildman–Crippen MR) is 71.0 cm³/mol. The van der Waals surface area contributed by atoms with E-state index >= 15 is 0 Å². The van der Waals surface area contributed by atoms with E-state index in [-0.39, 0.29) is 5.82 Å². The number of hydrogen-bond donors (Lipinski definition) is 1. The summed E-state index contributed by atoms with van der Waals surface area (Å²) in [5, 5.41) is 0. The SMILES string of the molecule is C[C@@H](N)c1c(F)cccc1Oc1cncc(Br)c1. The fourth-order valence-corrected chi connectivity index (χ4v) is 1.97. The lowest BCUT2D eigenvalue weighted by Crippen LogP contribution is -2.09. The normalized spacial score (nSPS) is 12.2. The van der Waals surface area contributed by atoms with E-state index in [0.29, 0.717) is 17.1 Å². The molecule has 0 aliphatic rings. The van der Waals surface area contributed by atoms with Crippen molar-refractivity contribution >= 4 is 15.9 Å². The van der Waals surface area contributed by atoms with Crippen LogP contribution >= 0.6 is 15.9 Å². The molecule has 1 heterocycles. The van der Waals surface area contributed by atoms with Gasteiger partial charge >= 0.3 is 0 Å². The minimum Gasteiger partial charge on any atom is -0.455 e. The van der Waals surface area contributed by atoms with Crippen LogP contribution in [0.5, 0.6) is 11.5 Å². The van der Waals surface area contributed by atoms with Gasteiger partial charge in [-0.15, -0.1) is 0 Å². The molecule has 0 amide bonds. The Balaban J connectivity index is 2.37. The first-order chi connectivity index (χ1) is 8.58. The van der Waals surface area contributed by atoms with Crippen LogP contribution in [0.1, 0.15) is 18.5 Å². The van der Waals surface area contributed by atoms with Crippen molar-refractivity contribution in [3.05, 3.63) is 52.5 Å². The highest BCUT2D eigenvalue weighted by molar-refractivity contribution is 9.10. The molecular weight excluding hydrogens is 299 g/mol. The number of nitrogens with zero attached hydrogens (tertiary/aromatic N) is 1. The van der Waals surface area contributed by atoms with Crippen LogP contribution in [0, 0.1) is 5.82 Å². The highest BCUT2D eigenvalue weighted by atomic mass is 79.9. The van der Waals surface area contributed by atoms with Crippen LogP contribution < -0.4 is 10.5 Å². The maximum atomic E-state index is 13.7. The number of pyridine rings is 1. The first kappa shape index (κ1) is 13.0. The van der Waals surface area contributed by atoms with Crippen molar-refractivity contribution in [2.75, 3.05) is 0 Å². The topological polar surface area (TPSA) is 48.1 Å². The van der Waals surface area contributed by atoms with Gasteiger partial charge in [-0.05, 0) is 41.1 Å². The molecule has 18 heavy (non-hydrogen) atoms. The molecule has 2 rings (SSSR count). The van der Waals surface area contributed by atoms with Gasteiger partial charge in [-0.1, -0.05) is 6.07 Å². The van der Waals surface area contributed by atoms with Gasteiger partial charge in [-0.25, -0.2) is 4.39 Å². The third-order valence-electron chi connectivity index (χ3n) is 2.38. The summed E-state index contributed by atoms with van der Waals surface area (Å²) < 4.78 is 20.1. The van der Waals surface area contributed by atoms with Crippen LogP contribution in [0.3, 0.4) is 0 Å². The molecule has 0 saturated carbocycles. The van der Waals surface area contributed by atoms with E-state index in [9.17, 15) is 4.39 Å². The van der Waals surface area contributed by atoms with Gasteiger partial charge in [0.2, 0.25) is 0 Å². The molecule has 1 aromatic heterocycles. The molecule has 0 fully saturated rings. The number of nitrogens with two attached hydrogens (primary N) is 1. The average molecular weight is 311 g/mol. The summed E-state index contributed by atoms with van der Waals surface area (Å²) in [4.78, 5) is 3.98. The Morgan fingerprint density at radius 3 is 2.83 bits per heavy atom. The number of benzene rings is 1. The van der Waals surface area contributed by atoms with E-state index in [1.165, 1.54) is 6.07 Å². The Kier molecular flexibility index (Phi) is 3.93. The Labute approximate surface area is 113 Å². The second-order valence-electron chi connectivity index (χ2n) is 3.88. The van der Waals surface area contributed by atoms with Crippen molar-refractivity contribution in [2.45, 2.75) is 13.0 Å². The van der Waals surface area contributed by atoms with E-state index in [2.05, 4.69) is 20.9 Å². The number of aromatic nitrogens is 1. The molecule has 3 nitrogen and oxygen atoms in total. The average Bonchev–Trinajstić information content (AvgIpc) is 2.28. The zero-order valence-electron chi connectivity index (χ0n) is 9.73. The van der Waals surface area contributed by atoms with Gasteiger partial charge < -0.3 is 10.5 Å². The second-order valence-corrected chi connectivity index (χ2v) is 4.80. The third kappa shape index (κ3) is 2.86. The molecule has 0 spiro atoms. The van der Waals surface area contributed by atoms with Crippen molar-refractivity contribution in [3.8, 4) is 11.5 Å². The first-order valence-corrected chi connectivity index (χ1v) is 6.19. The van der Waals surface area contributed by atoms with Crippen molar-refractivity contribution in [2.24, 2.45) is 5.73 Å². The molecule has 0 saturated heterocycles. The largest absolute Gasteiger partial charge is 0.455 e. The van der Waals surface area contributed by atoms with Crippen LogP contribution in [-0.4, -0.2) is 4.98 Å². The minimum absolute atomic E-state index is 0.359. The fraction of sp³-hybridized carbons (Fsp3) is 0.154. The maximum Gasteiger partial charge on any atom is 0.146 e. The highest BCUT2D eigenvalue weighted by Gasteiger charge is 2.14. The minimum atomic E-state index is -0.443. The molecule has 1 aromatic carbocycles. The van der Waals surface area contributed by atoms with Gasteiger partial charge in [-0.2, -0.15) is 0 Å². The number of ether oxygens (including phenoxy) is 1. The second kappa shape index (κ2) is 5.46. The van der Waals surface area contributed by atoms with Crippen molar-refractivity contribution in [3.63, 3.8) is 0 Å². The summed E-state index contributed by atoms with van der Waals surface area (Å²) >= 11 is 3.30. The fourth-order valence-electron chi connectivity index (χ4n) is 1.62. The molecule has 0 unspecified atom stereocenters. The van der Waals surface area contributed by atoms with E-state index < -0.39 is 6.04 Å². The van der Waals surface area contributed by atoms with Crippen LogP contribution in [-0.2, 0) is 0 Å². The van der Waals surface area contributed by atoms with Crippen molar-refractivity contribution in [1.82, 2.24) is 4.98 Å². The highest BCUT2D eigenvalue weighted by Crippen LogP contribution is 2.31. The number of hydrogen-bond acceptors (Lipinski definition) is 3. The van der Waals surface area contributed by atoms with Crippen LogP contribution in [0.4, 0.5) is 4.39 Å². The number of halogens is 2. The summed E-state index contributed by atoms with van der Waals surface area (Å²) in [5.41, 5.74) is 6.11. The molecule has 2 N–H and O–H groups in total. The summed E-state index contributed by atoms with van der Waals surface area (Å²) in [6.45, 7) is 1.71. The Hall–Kier alpha value is -1.46. The van der Waals surface area contributed by atoms with Crippen molar-refractivity contribution in [1.29, 1.82) is 0 Å². The Morgan fingerprint density at radius 1 is 1.39 bits per heavy atom. The molecule has 0 aliphatic heterocycles. The lowest BCUT2D eigenvalue weighted by Gasteiger charge is -2.14. The molecule has 0 bridgehead atoms. The molecule has 94 valence electrons. The molecule has 1 atom stereocenters. The lowest BCUT2D eigenvalue weighted by atomic mass is 10.1. The quantitative estimate of drug-likeness (QED) is 0.938. The predicted octanol–water partition coefficient (Wildman–Crippen LogP) is 3.80. The van der Waals surface area contributed by atoms with Gasteiger partial charge in [0.15, 0.2) is 0 Å². The van der Waals surface area contributed by atoms with Crippen LogP contribution in [0.2, 0.25) is 0 Å². The van der Waals surface area contributed by atoms with Gasteiger partial charge in [0.1, 0.15) is 17.3 Å². The molecule has 5 heteroatoms. The van der Waals surface area contributed by atoms with Crippen molar-refractivity contribution < 1.29 is 9.13 Å². The summed E-state index contributed by atoms with van der Waals surface area (Å²) in [6.07, 6.45) is 3.20. The van der Waals surface area contributed by atoms with Gasteiger partial charge in [0.05, 0.1) is 6.20 Å². The van der Waals surface area contributed by atoms with E-state index in [0.717, 1.165) is 4.47 Å². The van der Waals surface area contributed by atoms with E-state index in [1.807, 2.05) is 0 Å². The van der Waals surface area contributed by atoms with E-state index in [1.54, 1.807) is 37.5 Å². The lowest BCUT2D eigenvalue weighted by molar-refractivity contribution is 0.458. The zero-order valence-corrected chi connectivity index (χ0v) is 11.3. The van der Waals surface area contributed by atoms with Crippen LogP contribution in [0.25, 0.3) is 0 Å². The van der Waals surface area contributed by atoms with Gasteiger partial charge in [0.25, 0.3) is 0 Å². The zero-order chi connectivity index (χ0) is 13.1. The summed E-state index contributed by atoms with van der Waals surface area (Å²) in [7, 11) is 0. The molecular formula is C13H12BrFN2O. The Morgan fingerprint density at radius 2 is 2.17 bits per heavy atom. The van der Waals surface area contributed by atoms with Gasteiger partial charge in [0, 0.05) is 22.3 Å². The van der Waals surface area contributed by atoms with Crippen LogP contribution in [0.15, 0.2) is 41.1 Å². The number of rotatable bonds is 3. The van der Waals surface area contributed by atoms with Gasteiger partial charge in [-0.3, -0.25) is 4.98 Å². The smallest absolute Gasteiger partial charge is 0.146 e. The Bertz CT molecular complexity index is 560. The first-order valence-electron chi connectivity index (χ1n) is 5.40. The van der Waals surface area contributed by atoms with E-state index in [4.69, 9.17) is 10.5 Å². The molecule has 0 radical (unpaired) electrons. The monoisotopic (exact) mass is 310 g/mol. The third-order valence-corrected chi connectivity index (χ3v) is 2.81. The summed E-state index contributed by atoms with van der Waals surface area (Å²) in [6, 6.07) is 5.94. The standard InChI is InChI=1S/C13H12BrFN2O/c1-8(16)13-11(15)3-2-4-12(13)18-10-5-9(14)6-17-7-10/h2-8H,16H2,1H3/t8-/m1/s1. The summed E-state index contributed by atoms with van der Waals surface area (Å²) in [5.74, 6) is 0.562. The maximum absolute atomic E-state index is 13.7. The molecule has 0 aliphatic carbocycles.